The Morgan fingerprint density at radius 2 is 1.69 bits per heavy atom. The maximum Gasteiger partial charge on any atom is 0.258 e. The maximum absolute atomic E-state index is 12.4. The Labute approximate surface area is 184 Å². The molecule has 1 heterocycles. The van der Waals surface area contributed by atoms with Crippen molar-refractivity contribution in [3.8, 4) is 17.0 Å². The molecule has 0 saturated carbocycles. The second-order valence-electron chi connectivity index (χ2n) is 7.47. The molecule has 162 valence electrons. The lowest BCUT2D eigenvalue weighted by Crippen LogP contribution is -2.14. The van der Waals surface area contributed by atoms with Crippen LogP contribution in [0.5, 0.6) is 5.88 Å². The normalized spacial score (nSPS) is 11.9. The number of benzene rings is 3. The predicted octanol–water partition coefficient (Wildman–Crippen LogP) is 3.48. The van der Waals surface area contributed by atoms with Gasteiger partial charge >= 0.3 is 0 Å². The molecule has 4 N–H and O–H groups in total. The number of nitrogens with one attached hydrogen (secondary N) is 1. The molecule has 8 heteroatoms. The average molecular weight is 448 g/mol. The second-order valence-corrected chi connectivity index (χ2v) is 9.00. The first kappa shape index (κ1) is 21.5. The van der Waals surface area contributed by atoms with Gasteiger partial charge in [-0.15, -0.1) is 0 Å². The Morgan fingerprint density at radius 1 is 1.00 bits per heavy atom. The van der Waals surface area contributed by atoms with Crippen molar-refractivity contribution in [2.45, 2.75) is 18.4 Å². The summed E-state index contributed by atoms with van der Waals surface area (Å²) in [7, 11) is -3.89. The van der Waals surface area contributed by atoms with Gasteiger partial charge in [0.1, 0.15) is 0 Å². The predicted molar refractivity (Wildman–Crippen MR) is 126 cm³/mol. The van der Waals surface area contributed by atoms with Crippen molar-refractivity contribution < 1.29 is 13.5 Å². The zero-order chi connectivity index (χ0) is 22.9. The van der Waals surface area contributed by atoms with Gasteiger partial charge in [0.2, 0.25) is 15.9 Å². The number of hydrogen-bond acceptors (Lipinski definition) is 5. The van der Waals surface area contributed by atoms with Gasteiger partial charge in [-0.1, -0.05) is 54.1 Å². The van der Waals surface area contributed by atoms with Crippen LogP contribution < -0.4 is 10.7 Å². The van der Waals surface area contributed by atoms with E-state index in [1.54, 1.807) is 24.3 Å². The van der Waals surface area contributed by atoms with Gasteiger partial charge in [0.05, 0.1) is 17.0 Å². The number of nitrogens with two attached hydrogens (primary N) is 1. The standard InChI is InChI=1S/C24H21N3O4S/c1-15-6-8-16(9-7-15)17-10-11-19-20(12-17)21(24(29)27-23(19)28)14-26-13-18-4-2-3-5-22(18)32(25,30)31/h2-12,14H,13H2,1H3,(H2,25,30,31)(H2,27,28,29). The molecule has 0 aliphatic carbocycles. The number of aromatic nitrogens is 1. The Hall–Kier alpha value is -3.75. The molecular formula is C24H21N3O4S. The lowest BCUT2D eigenvalue weighted by atomic mass is 9.99. The second kappa shape index (κ2) is 8.41. The molecule has 0 unspecified atom stereocenters. The lowest BCUT2D eigenvalue weighted by molar-refractivity contribution is 0.452. The van der Waals surface area contributed by atoms with Crippen LogP contribution in [0.4, 0.5) is 0 Å². The Balaban J connectivity index is 1.78. The molecule has 3 aromatic carbocycles. The van der Waals surface area contributed by atoms with E-state index in [0.29, 0.717) is 21.9 Å². The Bertz CT molecular complexity index is 1510. The zero-order valence-corrected chi connectivity index (χ0v) is 18.1. The van der Waals surface area contributed by atoms with Gasteiger partial charge in [0.15, 0.2) is 0 Å². The quantitative estimate of drug-likeness (QED) is 0.405. The number of aryl methyl sites for hydroxylation is 1. The molecule has 7 nitrogen and oxygen atoms in total. The molecule has 0 amide bonds. The first-order valence-electron chi connectivity index (χ1n) is 9.80. The first-order chi connectivity index (χ1) is 15.2. The minimum Gasteiger partial charge on any atom is -0.494 e. The van der Waals surface area contributed by atoms with Crippen LogP contribution in [0, 0.1) is 6.92 Å². The molecule has 0 bridgehead atoms. The number of hydrogen-bond donors (Lipinski definition) is 3. The van der Waals surface area contributed by atoms with Crippen LogP contribution in [-0.2, 0) is 16.6 Å². The van der Waals surface area contributed by atoms with Crippen molar-refractivity contribution in [2.75, 3.05) is 0 Å². The fourth-order valence-corrected chi connectivity index (χ4v) is 4.30. The number of nitrogens with zero attached hydrogens (tertiary/aromatic N) is 1. The Morgan fingerprint density at radius 3 is 2.41 bits per heavy atom. The number of aliphatic imine (C=N–C) groups is 1. The minimum atomic E-state index is -3.89. The fourth-order valence-electron chi connectivity index (χ4n) is 3.54. The van der Waals surface area contributed by atoms with Gasteiger partial charge < -0.3 is 5.11 Å². The number of H-pyrrole nitrogens is 1. The van der Waals surface area contributed by atoms with Gasteiger partial charge in [-0.3, -0.25) is 14.8 Å². The van der Waals surface area contributed by atoms with Crippen LogP contribution in [0.25, 0.3) is 21.9 Å². The summed E-state index contributed by atoms with van der Waals surface area (Å²) in [6.07, 6.45) is 1.42. The summed E-state index contributed by atoms with van der Waals surface area (Å²) in [4.78, 5) is 19.1. The number of sulfonamides is 1. The summed E-state index contributed by atoms with van der Waals surface area (Å²) in [5.41, 5.74) is 3.35. The van der Waals surface area contributed by atoms with Gasteiger partial charge in [0.25, 0.3) is 5.56 Å². The molecule has 4 aromatic rings. The number of aromatic amines is 1. The molecule has 4 rings (SSSR count). The van der Waals surface area contributed by atoms with Crippen molar-refractivity contribution in [2.24, 2.45) is 10.1 Å². The highest BCUT2D eigenvalue weighted by Crippen LogP contribution is 2.27. The number of primary sulfonamides is 1. The highest BCUT2D eigenvalue weighted by Gasteiger charge is 2.13. The van der Waals surface area contributed by atoms with Crippen molar-refractivity contribution in [1.82, 2.24) is 4.98 Å². The first-order valence-corrected chi connectivity index (χ1v) is 11.4. The topological polar surface area (TPSA) is 126 Å². The molecule has 0 aliphatic rings. The van der Waals surface area contributed by atoms with Gasteiger partial charge in [-0.2, -0.15) is 0 Å². The largest absolute Gasteiger partial charge is 0.494 e. The third-order valence-electron chi connectivity index (χ3n) is 5.19. The molecule has 1 aromatic heterocycles. The van der Waals surface area contributed by atoms with Crippen molar-refractivity contribution in [3.63, 3.8) is 0 Å². The van der Waals surface area contributed by atoms with E-state index in [9.17, 15) is 18.3 Å². The van der Waals surface area contributed by atoms with Gasteiger partial charge in [-0.05, 0) is 41.8 Å². The van der Waals surface area contributed by atoms with Crippen LogP contribution in [0.3, 0.4) is 0 Å². The molecule has 0 radical (unpaired) electrons. The van der Waals surface area contributed by atoms with Gasteiger partial charge in [-0.25, -0.2) is 13.6 Å². The van der Waals surface area contributed by atoms with Crippen LogP contribution >= 0.6 is 0 Å². The summed E-state index contributed by atoms with van der Waals surface area (Å²) < 4.78 is 23.6. The summed E-state index contributed by atoms with van der Waals surface area (Å²) in [6.45, 7) is 2.04. The van der Waals surface area contributed by atoms with Crippen LogP contribution in [0.15, 0.2) is 81.4 Å². The smallest absolute Gasteiger partial charge is 0.258 e. The van der Waals surface area contributed by atoms with Crippen molar-refractivity contribution in [3.05, 3.63) is 93.8 Å². The summed E-state index contributed by atoms with van der Waals surface area (Å²) in [6, 6.07) is 19.7. The Kier molecular flexibility index (Phi) is 5.65. The maximum atomic E-state index is 12.4. The number of fused-ring (bicyclic) bond motifs is 1. The SMILES string of the molecule is Cc1ccc(-c2ccc3c(=O)[nH]c(O)c(C=NCc4ccccc4S(N)(=O)=O)c3c2)cc1. The highest BCUT2D eigenvalue weighted by molar-refractivity contribution is 7.89. The zero-order valence-electron chi connectivity index (χ0n) is 17.2. The van der Waals surface area contributed by atoms with E-state index in [2.05, 4.69) is 9.98 Å². The summed E-state index contributed by atoms with van der Waals surface area (Å²) in [5.74, 6) is -0.313. The molecule has 32 heavy (non-hydrogen) atoms. The molecule has 0 atom stereocenters. The number of rotatable bonds is 5. The van der Waals surface area contributed by atoms with E-state index in [0.717, 1.165) is 16.7 Å². The van der Waals surface area contributed by atoms with E-state index in [1.807, 2.05) is 43.3 Å². The van der Waals surface area contributed by atoms with Crippen LogP contribution in [-0.4, -0.2) is 24.7 Å². The monoisotopic (exact) mass is 447 g/mol. The third kappa shape index (κ3) is 4.32. The van der Waals surface area contributed by atoms with Crippen LogP contribution in [0.2, 0.25) is 0 Å². The van der Waals surface area contributed by atoms with Crippen LogP contribution in [0.1, 0.15) is 16.7 Å². The fraction of sp³-hybridized carbons (Fsp3) is 0.0833. The van der Waals surface area contributed by atoms with Crippen molar-refractivity contribution in [1.29, 1.82) is 0 Å². The van der Waals surface area contributed by atoms with E-state index in [4.69, 9.17) is 5.14 Å². The molecule has 0 aliphatic heterocycles. The van der Waals surface area contributed by atoms with E-state index in [-0.39, 0.29) is 17.3 Å². The summed E-state index contributed by atoms with van der Waals surface area (Å²) >= 11 is 0. The lowest BCUT2D eigenvalue weighted by Gasteiger charge is -2.09. The highest BCUT2D eigenvalue weighted by atomic mass is 32.2. The third-order valence-corrected chi connectivity index (χ3v) is 6.20. The summed E-state index contributed by atoms with van der Waals surface area (Å²) in [5, 5.41) is 16.6. The number of aromatic hydroxyl groups is 1. The molecule has 0 fully saturated rings. The average Bonchev–Trinajstić information content (AvgIpc) is 2.76. The van der Waals surface area contributed by atoms with E-state index < -0.39 is 15.6 Å². The molecule has 0 saturated heterocycles. The van der Waals surface area contributed by atoms with E-state index in [1.165, 1.54) is 12.3 Å². The van der Waals surface area contributed by atoms with E-state index >= 15 is 0 Å². The van der Waals surface area contributed by atoms with Crippen molar-refractivity contribution >= 4 is 27.0 Å². The molecular weight excluding hydrogens is 426 g/mol. The minimum absolute atomic E-state index is 0.00523. The number of pyridine rings is 1. The van der Waals surface area contributed by atoms with Gasteiger partial charge in [0, 0.05) is 17.0 Å². The molecule has 0 spiro atoms.